The number of hydrogen-bond acceptors (Lipinski definition) is 4. The Morgan fingerprint density at radius 1 is 1.48 bits per heavy atom. The molecule has 1 aliphatic carbocycles. The first-order chi connectivity index (χ1) is 10.3. The highest BCUT2D eigenvalue weighted by molar-refractivity contribution is 5.81. The smallest absolute Gasteiger partial charge is 0.316 e. The van der Waals surface area contributed by atoms with E-state index in [0.717, 1.165) is 42.5 Å². The Hall–Kier alpha value is -1.91. The third kappa shape index (κ3) is 2.64. The van der Waals surface area contributed by atoms with E-state index in [0.29, 0.717) is 12.6 Å². The van der Waals surface area contributed by atoms with Gasteiger partial charge in [0.2, 0.25) is 0 Å². The zero-order valence-corrected chi connectivity index (χ0v) is 12.6. The van der Waals surface area contributed by atoms with Crippen LogP contribution in [0.15, 0.2) is 18.5 Å². The van der Waals surface area contributed by atoms with E-state index in [1.165, 1.54) is 0 Å². The van der Waals surface area contributed by atoms with E-state index in [1.54, 1.807) is 12.4 Å². The van der Waals surface area contributed by atoms with Crippen LogP contribution in [0.4, 0.5) is 0 Å². The van der Waals surface area contributed by atoms with Crippen LogP contribution < -0.4 is 0 Å². The number of ether oxygens (including phenoxy) is 1. The number of fused-ring (bicyclic) bond motifs is 1. The highest BCUT2D eigenvalue weighted by Crippen LogP contribution is 2.40. The predicted octanol–water partition coefficient (Wildman–Crippen LogP) is 3.21. The summed E-state index contributed by atoms with van der Waals surface area (Å²) in [6, 6.07) is 2.46. The van der Waals surface area contributed by atoms with Crippen molar-refractivity contribution in [1.29, 1.82) is 0 Å². The third-order valence-corrected chi connectivity index (χ3v) is 3.89. The van der Waals surface area contributed by atoms with Gasteiger partial charge >= 0.3 is 5.97 Å². The van der Waals surface area contributed by atoms with Crippen LogP contribution in [0.3, 0.4) is 0 Å². The molecule has 0 amide bonds. The summed E-state index contributed by atoms with van der Waals surface area (Å²) in [6.45, 7) is 4.33. The van der Waals surface area contributed by atoms with E-state index in [-0.39, 0.29) is 11.9 Å². The molecule has 5 nitrogen and oxygen atoms in total. The minimum absolute atomic E-state index is 0.162. The fraction of sp³-hybridized carbons (Fsp3) is 0.562. The highest BCUT2D eigenvalue weighted by atomic mass is 16.5. The number of carbonyl (C=O) groups excluding carboxylic acids is 1. The molecule has 2 aromatic heterocycles. The number of nitrogens with zero attached hydrogens (tertiary/aromatic N) is 3. The van der Waals surface area contributed by atoms with Crippen molar-refractivity contribution in [3.05, 3.63) is 24.3 Å². The highest BCUT2D eigenvalue weighted by Gasteiger charge is 2.34. The summed E-state index contributed by atoms with van der Waals surface area (Å²) in [5.41, 5.74) is 1.94. The summed E-state index contributed by atoms with van der Waals surface area (Å²) in [5.74, 6) is 0.410. The zero-order valence-electron chi connectivity index (χ0n) is 12.6. The molecule has 0 spiro atoms. The molecule has 0 radical (unpaired) electrons. The van der Waals surface area contributed by atoms with E-state index in [1.807, 2.05) is 13.0 Å². The molecule has 0 aromatic carbocycles. The quantitative estimate of drug-likeness (QED) is 0.765. The van der Waals surface area contributed by atoms with E-state index in [2.05, 4.69) is 16.5 Å². The van der Waals surface area contributed by atoms with Crippen LogP contribution in [0.2, 0.25) is 0 Å². The van der Waals surface area contributed by atoms with E-state index < -0.39 is 0 Å². The van der Waals surface area contributed by atoms with E-state index in [4.69, 9.17) is 9.72 Å². The number of hydrogen-bond donors (Lipinski definition) is 0. The van der Waals surface area contributed by atoms with Gasteiger partial charge in [-0.2, -0.15) is 0 Å². The Morgan fingerprint density at radius 2 is 2.29 bits per heavy atom. The van der Waals surface area contributed by atoms with Gasteiger partial charge in [-0.15, -0.1) is 0 Å². The van der Waals surface area contributed by atoms with Gasteiger partial charge in [-0.05, 0) is 32.3 Å². The average molecular weight is 287 g/mol. The van der Waals surface area contributed by atoms with Crippen molar-refractivity contribution in [2.24, 2.45) is 0 Å². The topological polar surface area (TPSA) is 57.0 Å². The average Bonchev–Trinajstić information content (AvgIpc) is 3.25. The molecule has 2 heterocycles. The van der Waals surface area contributed by atoms with Crippen LogP contribution in [0.1, 0.15) is 57.3 Å². The Kier molecular flexibility index (Phi) is 3.90. The minimum atomic E-state index is -0.275. The molecule has 1 atom stereocenters. The van der Waals surface area contributed by atoms with Crippen molar-refractivity contribution in [3.63, 3.8) is 0 Å². The molecule has 112 valence electrons. The molecule has 1 saturated carbocycles. The summed E-state index contributed by atoms with van der Waals surface area (Å²) < 4.78 is 7.48. The summed E-state index contributed by atoms with van der Waals surface area (Å²) in [5, 5.41) is 0. The summed E-state index contributed by atoms with van der Waals surface area (Å²) in [4.78, 5) is 21.2. The Bertz CT molecular complexity index is 646. The lowest BCUT2D eigenvalue weighted by Gasteiger charge is -2.16. The molecule has 0 saturated heterocycles. The lowest BCUT2D eigenvalue weighted by atomic mass is 10.0. The molecule has 5 heteroatoms. The van der Waals surface area contributed by atoms with Crippen molar-refractivity contribution in [1.82, 2.24) is 14.5 Å². The van der Waals surface area contributed by atoms with Crippen LogP contribution in [0, 0.1) is 0 Å². The van der Waals surface area contributed by atoms with Gasteiger partial charge in [-0.1, -0.05) is 13.3 Å². The number of aromatic nitrogens is 3. The maximum absolute atomic E-state index is 12.3. The molecular formula is C16H21N3O2. The second-order valence-electron chi connectivity index (χ2n) is 5.53. The summed E-state index contributed by atoms with van der Waals surface area (Å²) in [7, 11) is 0. The van der Waals surface area contributed by atoms with E-state index in [9.17, 15) is 4.79 Å². The number of rotatable bonds is 6. The first kappa shape index (κ1) is 14.0. The Balaban J connectivity index is 2.07. The molecule has 1 unspecified atom stereocenters. The fourth-order valence-corrected chi connectivity index (χ4v) is 2.82. The summed E-state index contributed by atoms with van der Waals surface area (Å²) in [6.07, 6.45) is 7.56. The largest absolute Gasteiger partial charge is 0.465 e. The first-order valence-corrected chi connectivity index (χ1v) is 7.74. The van der Waals surface area contributed by atoms with Crippen LogP contribution in [-0.2, 0) is 9.53 Å². The minimum Gasteiger partial charge on any atom is -0.465 e. The molecule has 1 fully saturated rings. The molecular weight excluding hydrogens is 266 g/mol. The van der Waals surface area contributed by atoms with Crippen LogP contribution in [-0.4, -0.2) is 27.1 Å². The molecule has 3 rings (SSSR count). The van der Waals surface area contributed by atoms with Crippen molar-refractivity contribution >= 4 is 17.0 Å². The van der Waals surface area contributed by atoms with Crippen LogP contribution >= 0.6 is 0 Å². The second kappa shape index (κ2) is 5.84. The van der Waals surface area contributed by atoms with Crippen molar-refractivity contribution in [2.45, 2.75) is 51.5 Å². The zero-order chi connectivity index (χ0) is 14.8. The van der Waals surface area contributed by atoms with Gasteiger partial charge in [-0.3, -0.25) is 9.78 Å². The third-order valence-electron chi connectivity index (χ3n) is 3.89. The van der Waals surface area contributed by atoms with Gasteiger partial charge in [0.25, 0.3) is 0 Å². The van der Waals surface area contributed by atoms with Gasteiger partial charge < -0.3 is 9.30 Å². The van der Waals surface area contributed by atoms with Crippen LogP contribution in [0.5, 0.6) is 0 Å². The normalized spacial score (nSPS) is 16.1. The monoisotopic (exact) mass is 287 g/mol. The SMILES string of the molecule is CCCC(C(=O)OCC)c1nc2cnccc2n1C1CC1. The Labute approximate surface area is 124 Å². The lowest BCUT2D eigenvalue weighted by molar-refractivity contribution is -0.145. The van der Waals surface area contributed by atoms with E-state index >= 15 is 0 Å². The van der Waals surface area contributed by atoms with Gasteiger partial charge in [0.05, 0.1) is 18.3 Å². The van der Waals surface area contributed by atoms with Gasteiger partial charge in [-0.25, -0.2) is 4.98 Å². The summed E-state index contributed by atoms with van der Waals surface area (Å²) >= 11 is 0. The van der Waals surface area contributed by atoms with Gasteiger partial charge in [0, 0.05) is 12.2 Å². The Morgan fingerprint density at radius 3 is 2.95 bits per heavy atom. The molecule has 1 aliphatic rings. The molecule has 0 N–H and O–H groups in total. The number of pyridine rings is 1. The first-order valence-electron chi connectivity index (χ1n) is 7.74. The van der Waals surface area contributed by atoms with Crippen molar-refractivity contribution < 1.29 is 9.53 Å². The van der Waals surface area contributed by atoms with Gasteiger partial charge in [0.15, 0.2) is 0 Å². The maximum Gasteiger partial charge on any atom is 0.316 e. The molecule has 0 aliphatic heterocycles. The second-order valence-corrected chi connectivity index (χ2v) is 5.53. The number of carbonyl (C=O) groups is 1. The predicted molar refractivity (Wildman–Crippen MR) is 80.1 cm³/mol. The molecule has 2 aromatic rings. The van der Waals surface area contributed by atoms with Crippen molar-refractivity contribution in [3.8, 4) is 0 Å². The number of imidazole rings is 1. The lowest BCUT2D eigenvalue weighted by Crippen LogP contribution is -2.20. The van der Waals surface area contributed by atoms with Crippen LogP contribution in [0.25, 0.3) is 11.0 Å². The standard InChI is InChI=1S/C16H21N3O2/c1-3-5-12(16(20)21-4-2)15-18-13-10-17-9-8-14(13)19(15)11-6-7-11/h8-12H,3-7H2,1-2H3. The maximum atomic E-state index is 12.3. The van der Waals surface area contributed by atoms with Crippen molar-refractivity contribution in [2.75, 3.05) is 6.61 Å². The molecule has 21 heavy (non-hydrogen) atoms. The molecule has 0 bridgehead atoms. The fourth-order valence-electron chi connectivity index (χ4n) is 2.82. The number of esters is 1. The van der Waals surface area contributed by atoms with Gasteiger partial charge in [0.1, 0.15) is 17.3 Å².